The number of anilines is 2. The van der Waals surface area contributed by atoms with E-state index in [9.17, 15) is 0 Å². The molecule has 0 radical (unpaired) electrons. The summed E-state index contributed by atoms with van der Waals surface area (Å²) in [6.45, 7) is 6.73. The van der Waals surface area contributed by atoms with Crippen LogP contribution < -0.4 is 10.6 Å². The zero-order valence-electron chi connectivity index (χ0n) is 9.49. The van der Waals surface area contributed by atoms with E-state index >= 15 is 0 Å². The Morgan fingerprint density at radius 2 is 2.20 bits per heavy atom. The van der Waals surface area contributed by atoms with E-state index in [1.165, 1.54) is 24.3 Å². The minimum atomic E-state index is 0.701. The second-order valence-electron chi connectivity index (χ2n) is 4.52. The van der Waals surface area contributed by atoms with Crippen molar-refractivity contribution in [3.05, 3.63) is 5.56 Å². The van der Waals surface area contributed by atoms with Gasteiger partial charge in [0, 0.05) is 18.7 Å². The highest BCUT2D eigenvalue weighted by Crippen LogP contribution is 2.31. The molecule has 0 spiro atoms. The molecular weight excluding hydrogens is 206 g/mol. The van der Waals surface area contributed by atoms with Crippen LogP contribution in [0.5, 0.6) is 0 Å². The van der Waals surface area contributed by atoms with Crippen molar-refractivity contribution in [2.75, 3.05) is 23.7 Å². The smallest absolute Gasteiger partial charge is 0.142 e. The van der Waals surface area contributed by atoms with Crippen molar-refractivity contribution in [1.82, 2.24) is 4.37 Å². The van der Waals surface area contributed by atoms with Crippen LogP contribution in [0.3, 0.4) is 0 Å². The van der Waals surface area contributed by atoms with E-state index in [4.69, 9.17) is 5.73 Å². The summed E-state index contributed by atoms with van der Waals surface area (Å²) in [5.74, 6) is 1.56. The van der Waals surface area contributed by atoms with E-state index in [1.807, 2.05) is 0 Å². The average molecular weight is 225 g/mol. The van der Waals surface area contributed by atoms with Gasteiger partial charge in [-0.25, -0.2) is 0 Å². The molecule has 1 atom stereocenters. The molecule has 2 rings (SSSR count). The lowest BCUT2D eigenvalue weighted by molar-refractivity contribution is 0.521. The van der Waals surface area contributed by atoms with E-state index < -0.39 is 0 Å². The van der Waals surface area contributed by atoms with E-state index in [-0.39, 0.29) is 0 Å². The maximum absolute atomic E-state index is 5.79. The molecule has 1 fully saturated rings. The van der Waals surface area contributed by atoms with E-state index in [2.05, 4.69) is 23.1 Å². The van der Waals surface area contributed by atoms with Crippen LogP contribution >= 0.6 is 11.5 Å². The lowest BCUT2D eigenvalue weighted by Gasteiger charge is -2.21. The van der Waals surface area contributed by atoms with Gasteiger partial charge < -0.3 is 10.6 Å². The third-order valence-electron chi connectivity index (χ3n) is 3.24. The van der Waals surface area contributed by atoms with Crippen molar-refractivity contribution in [3.8, 4) is 0 Å². The normalized spacial score (nSPS) is 22.8. The third kappa shape index (κ3) is 2.25. The Hall–Kier alpha value is -0.770. The van der Waals surface area contributed by atoms with Gasteiger partial charge in [0.05, 0.1) is 0 Å². The quantitative estimate of drug-likeness (QED) is 0.799. The number of rotatable bonds is 1. The van der Waals surface area contributed by atoms with Crippen LogP contribution in [0.1, 0.15) is 31.7 Å². The molecule has 1 saturated heterocycles. The largest absolute Gasteiger partial charge is 0.383 e. The Balaban J connectivity index is 2.13. The van der Waals surface area contributed by atoms with Gasteiger partial charge in [-0.3, -0.25) is 0 Å². The standard InChI is InChI=1S/C11H19N3S/c1-8-4-3-6-14(7-5-8)11-9(2)10(12)13-15-11/h8H,3-7H2,1-2H3,(H2,12,13). The zero-order chi connectivity index (χ0) is 10.8. The summed E-state index contributed by atoms with van der Waals surface area (Å²) in [7, 11) is 0. The van der Waals surface area contributed by atoms with Crippen molar-refractivity contribution < 1.29 is 0 Å². The Kier molecular flexibility index (Phi) is 3.14. The summed E-state index contributed by atoms with van der Waals surface area (Å²) in [4.78, 5) is 2.45. The molecule has 1 aromatic rings. The van der Waals surface area contributed by atoms with Gasteiger partial charge in [-0.05, 0) is 43.6 Å². The second-order valence-corrected chi connectivity index (χ2v) is 5.27. The summed E-state index contributed by atoms with van der Waals surface area (Å²) < 4.78 is 4.22. The van der Waals surface area contributed by atoms with Crippen LogP contribution in [0.4, 0.5) is 10.8 Å². The molecule has 1 aliphatic rings. The van der Waals surface area contributed by atoms with Gasteiger partial charge in [0.1, 0.15) is 10.8 Å². The molecule has 84 valence electrons. The fourth-order valence-corrected chi connectivity index (χ4v) is 2.96. The van der Waals surface area contributed by atoms with Crippen molar-refractivity contribution in [2.24, 2.45) is 5.92 Å². The fourth-order valence-electron chi connectivity index (χ4n) is 2.10. The molecule has 0 amide bonds. The minimum absolute atomic E-state index is 0.701. The molecule has 1 aliphatic heterocycles. The molecule has 1 aromatic heterocycles. The first-order valence-electron chi connectivity index (χ1n) is 5.65. The highest BCUT2D eigenvalue weighted by Gasteiger charge is 2.18. The molecule has 15 heavy (non-hydrogen) atoms. The molecule has 0 aromatic carbocycles. The summed E-state index contributed by atoms with van der Waals surface area (Å²) in [5.41, 5.74) is 6.95. The number of hydrogen-bond acceptors (Lipinski definition) is 4. The van der Waals surface area contributed by atoms with Crippen LogP contribution in [-0.4, -0.2) is 17.5 Å². The predicted octanol–water partition coefficient (Wildman–Crippen LogP) is 2.66. The molecule has 2 heterocycles. The average Bonchev–Trinajstić information content (AvgIpc) is 2.43. The van der Waals surface area contributed by atoms with Gasteiger partial charge in [0.25, 0.3) is 0 Å². The third-order valence-corrected chi connectivity index (χ3v) is 4.26. The Morgan fingerprint density at radius 3 is 2.87 bits per heavy atom. The van der Waals surface area contributed by atoms with Gasteiger partial charge in [0.15, 0.2) is 0 Å². The van der Waals surface area contributed by atoms with Gasteiger partial charge in [-0.1, -0.05) is 6.92 Å². The second kappa shape index (κ2) is 4.39. The molecular formula is C11H19N3S. The summed E-state index contributed by atoms with van der Waals surface area (Å²) >= 11 is 1.54. The Labute approximate surface area is 95.4 Å². The van der Waals surface area contributed by atoms with Crippen molar-refractivity contribution in [2.45, 2.75) is 33.1 Å². The summed E-state index contributed by atoms with van der Waals surface area (Å²) in [6.07, 6.45) is 3.93. The van der Waals surface area contributed by atoms with Crippen LogP contribution in [-0.2, 0) is 0 Å². The fraction of sp³-hybridized carbons (Fsp3) is 0.727. The minimum Gasteiger partial charge on any atom is -0.383 e. The van der Waals surface area contributed by atoms with Gasteiger partial charge in [-0.15, -0.1) is 0 Å². The molecule has 1 unspecified atom stereocenters. The lowest BCUT2D eigenvalue weighted by atomic mass is 10.0. The zero-order valence-corrected chi connectivity index (χ0v) is 10.3. The molecule has 0 saturated carbocycles. The van der Waals surface area contributed by atoms with E-state index in [0.717, 1.165) is 24.6 Å². The Bertz CT molecular complexity index is 335. The lowest BCUT2D eigenvalue weighted by Crippen LogP contribution is -2.23. The summed E-state index contributed by atoms with van der Waals surface area (Å²) in [5, 5.41) is 1.28. The first-order valence-corrected chi connectivity index (χ1v) is 6.42. The number of aromatic nitrogens is 1. The number of nitrogen functional groups attached to an aromatic ring is 1. The molecule has 3 nitrogen and oxygen atoms in total. The number of nitrogens with two attached hydrogens (primary N) is 1. The highest BCUT2D eigenvalue weighted by atomic mass is 32.1. The van der Waals surface area contributed by atoms with Gasteiger partial charge >= 0.3 is 0 Å². The van der Waals surface area contributed by atoms with Gasteiger partial charge in [0.2, 0.25) is 0 Å². The first-order chi connectivity index (χ1) is 7.18. The van der Waals surface area contributed by atoms with Crippen molar-refractivity contribution in [3.63, 3.8) is 0 Å². The molecule has 0 aliphatic carbocycles. The predicted molar refractivity (Wildman–Crippen MR) is 66.5 cm³/mol. The van der Waals surface area contributed by atoms with Crippen LogP contribution in [0.2, 0.25) is 0 Å². The first kappa shape index (κ1) is 10.7. The highest BCUT2D eigenvalue weighted by molar-refractivity contribution is 7.10. The van der Waals surface area contributed by atoms with E-state index in [0.29, 0.717) is 5.82 Å². The number of hydrogen-bond donors (Lipinski definition) is 1. The molecule has 4 heteroatoms. The molecule has 0 bridgehead atoms. The SMILES string of the molecule is Cc1c(N)nsc1N1CCCC(C)CC1. The monoisotopic (exact) mass is 225 g/mol. The number of nitrogens with zero attached hydrogens (tertiary/aromatic N) is 2. The maximum atomic E-state index is 5.79. The van der Waals surface area contributed by atoms with Crippen molar-refractivity contribution in [1.29, 1.82) is 0 Å². The van der Waals surface area contributed by atoms with Crippen LogP contribution in [0.25, 0.3) is 0 Å². The topological polar surface area (TPSA) is 42.1 Å². The van der Waals surface area contributed by atoms with Crippen LogP contribution in [0.15, 0.2) is 0 Å². The molecule has 2 N–H and O–H groups in total. The van der Waals surface area contributed by atoms with Crippen molar-refractivity contribution >= 4 is 22.4 Å². The maximum Gasteiger partial charge on any atom is 0.142 e. The summed E-state index contributed by atoms with van der Waals surface area (Å²) in [6, 6.07) is 0. The Morgan fingerprint density at radius 1 is 1.40 bits per heavy atom. The van der Waals surface area contributed by atoms with Crippen LogP contribution in [0, 0.1) is 12.8 Å². The van der Waals surface area contributed by atoms with E-state index in [1.54, 1.807) is 11.5 Å². The van der Waals surface area contributed by atoms with Gasteiger partial charge in [-0.2, -0.15) is 4.37 Å².